The van der Waals surface area contributed by atoms with Gasteiger partial charge in [0, 0.05) is 5.56 Å². The van der Waals surface area contributed by atoms with Crippen molar-refractivity contribution in [2.24, 2.45) is 0 Å². The van der Waals surface area contributed by atoms with Crippen molar-refractivity contribution in [1.82, 2.24) is 4.98 Å². The highest BCUT2D eigenvalue weighted by Gasteiger charge is 2.12. The first-order valence-electron chi connectivity index (χ1n) is 5.62. The quantitative estimate of drug-likeness (QED) is 0.798. The SMILES string of the molecule is COc1sc(-c2cc(C)c(C)cc2C)nc1C. The smallest absolute Gasteiger partial charge is 0.197 e. The van der Waals surface area contributed by atoms with Crippen molar-refractivity contribution >= 4 is 11.3 Å². The number of aryl methyl sites for hydroxylation is 4. The zero-order chi connectivity index (χ0) is 12.6. The highest BCUT2D eigenvalue weighted by molar-refractivity contribution is 7.17. The van der Waals surface area contributed by atoms with E-state index in [9.17, 15) is 0 Å². The summed E-state index contributed by atoms with van der Waals surface area (Å²) in [6.07, 6.45) is 0. The molecule has 0 N–H and O–H groups in total. The molecular formula is C14H17NOS. The molecule has 1 heterocycles. The molecule has 0 aliphatic rings. The Morgan fingerprint density at radius 2 is 1.65 bits per heavy atom. The Kier molecular flexibility index (Phi) is 3.20. The summed E-state index contributed by atoms with van der Waals surface area (Å²) in [5, 5.41) is 1.94. The van der Waals surface area contributed by atoms with Gasteiger partial charge in [-0.25, -0.2) is 4.98 Å². The van der Waals surface area contributed by atoms with Crippen molar-refractivity contribution < 1.29 is 4.74 Å². The first-order valence-corrected chi connectivity index (χ1v) is 6.44. The lowest BCUT2D eigenvalue weighted by Gasteiger charge is -2.07. The van der Waals surface area contributed by atoms with Gasteiger partial charge in [0.05, 0.1) is 12.8 Å². The second-order valence-corrected chi connectivity index (χ2v) is 5.31. The summed E-state index contributed by atoms with van der Waals surface area (Å²) < 4.78 is 5.30. The Labute approximate surface area is 106 Å². The Balaban J connectivity index is 2.56. The van der Waals surface area contributed by atoms with E-state index in [2.05, 4.69) is 37.9 Å². The van der Waals surface area contributed by atoms with Crippen LogP contribution in [0.25, 0.3) is 10.6 Å². The van der Waals surface area contributed by atoms with Crippen LogP contribution in [0, 0.1) is 27.7 Å². The molecule has 1 aromatic carbocycles. The van der Waals surface area contributed by atoms with Crippen molar-refractivity contribution in [1.29, 1.82) is 0 Å². The van der Waals surface area contributed by atoms with Gasteiger partial charge in [-0.05, 0) is 50.5 Å². The summed E-state index contributed by atoms with van der Waals surface area (Å²) in [6.45, 7) is 8.38. The Hall–Kier alpha value is -1.35. The summed E-state index contributed by atoms with van der Waals surface area (Å²) in [5.41, 5.74) is 6.07. The summed E-state index contributed by atoms with van der Waals surface area (Å²) in [6, 6.07) is 4.43. The van der Waals surface area contributed by atoms with E-state index in [0.717, 1.165) is 15.8 Å². The molecule has 0 amide bonds. The maximum atomic E-state index is 5.30. The fraction of sp³-hybridized carbons (Fsp3) is 0.357. The topological polar surface area (TPSA) is 22.1 Å². The van der Waals surface area contributed by atoms with Crippen LogP contribution in [-0.4, -0.2) is 12.1 Å². The average Bonchev–Trinajstić information content (AvgIpc) is 2.65. The van der Waals surface area contributed by atoms with Gasteiger partial charge >= 0.3 is 0 Å². The van der Waals surface area contributed by atoms with Crippen LogP contribution in [0.5, 0.6) is 5.06 Å². The van der Waals surface area contributed by atoms with Crippen molar-refractivity contribution in [3.05, 3.63) is 34.5 Å². The Morgan fingerprint density at radius 1 is 1.00 bits per heavy atom. The molecule has 0 aliphatic carbocycles. The monoisotopic (exact) mass is 247 g/mol. The first-order chi connectivity index (χ1) is 8.02. The van der Waals surface area contributed by atoms with Crippen LogP contribution in [0.1, 0.15) is 22.4 Å². The lowest BCUT2D eigenvalue weighted by atomic mass is 10.0. The minimum Gasteiger partial charge on any atom is -0.486 e. The third-order valence-electron chi connectivity index (χ3n) is 3.01. The number of rotatable bonds is 2. The average molecular weight is 247 g/mol. The number of thiazole rings is 1. The molecule has 1 aromatic heterocycles. The van der Waals surface area contributed by atoms with Crippen molar-refractivity contribution in [2.45, 2.75) is 27.7 Å². The van der Waals surface area contributed by atoms with E-state index in [-0.39, 0.29) is 0 Å². The molecule has 0 aliphatic heterocycles. The fourth-order valence-corrected chi connectivity index (χ4v) is 2.84. The molecule has 0 atom stereocenters. The van der Waals surface area contributed by atoms with E-state index in [1.165, 1.54) is 22.3 Å². The van der Waals surface area contributed by atoms with Crippen molar-refractivity contribution in [2.75, 3.05) is 7.11 Å². The van der Waals surface area contributed by atoms with E-state index >= 15 is 0 Å². The van der Waals surface area contributed by atoms with Crippen LogP contribution in [0.2, 0.25) is 0 Å². The summed E-state index contributed by atoms with van der Waals surface area (Å²) in [7, 11) is 1.69. The van der Waals surface area contributed by atoms with Gasteiger partial charge in [-0.1, -0.05) is 17.4 Å². The molecule has 0 saturated carbocycles. The van der Waals surface area contributed by atoms with Gasteiger partial charge in [0.15, 0.2) is 5.06 Å². The molecule has 90 valence electrons. The van der Waals surface area contributed by atoms with Crippen LogP contribution in [0.15, 0.2) is 12.1 Å². The molecule has 2 aromatic rings. The molecule has 0 radical (unpaired) electrons. The number of ether oxygens (including phenoxy) is 1. The molecule has 0 fully saturated rings. The van der Waals surface area contributed by atoms with Crippen LogP contribution < -0.4 is 4.74 Å². The number of nitrogens with zero attached hydrogens (tertiary/aromatic N) is 1. The Bertz CT molecular complexity index is 558. The van der Waals surface area contributed by atoms with Gasteiger partial charge in [0.2, 0.25) is 0 Å². The number of aromatic nitrogens is 1. The third kappa shape index (κ3) is 2.20. The van der Waals surface area contributed by atoms with Gasteiger partial charge in [-0.2, -0.15) is 0 Å². The van der Waals surface area contributed by atoms with Crippen molar-refractivity contribution in [3.8, 4) is 15.6 Å². The highest BCUT2D eigenvalue weighted by atomic mass is 32.1. The molecule has 3 heteroatoms. The van der Waals surface area contributed by atoms with Crippen LogP contribution in [0.4, 0.5) is 0 Å². The molecule has 2 rings (SSSR count). The maximum Gasteiger partial charge on any atom is 0.197 e. The summed E-state index contributed by atoms with van der Waals surface area (Å²) in [4.78, 5) is 4.58. The third-order valence-corrected chi connectivity index (χ3v) is 4.16. The lowest BCUT2D eigenvalue weighted by molar-refractivity contribution is 0.423. The minimum absolute atomic E-state index is 0.901. The highest BCUT2D eigenvalue weighted by Crippen LogP contribution is 2.35. The normalized spacial score (nSPS) is 10.6. The van der Waals surface area contributed by atoms with Gasteiger partial charge in [0.1, 0.15) is 5.01 Å². The van der Waals surface area contributed by atoms with E-state index < -0.39 is 0 Å². The van der Waals surface area contributed by atoms with E-state index in [1.54, 1.807) is 18.4 Å². The number of hydrogen-bond donors (Lipinski definition) is 0. The maximum absolute atomic E-state index is 5.30. The summed E-state index contributed by atoms with van der Waals surface area (Å²) in [5.74, 6) is 0. The molecular weight excluding hydrogens is 230 g/mol. The number of benzene rings is 1. The van der Waals surface area contributed by atoms with E-state index in [4.69, 9.17) is 4.74 Å². The van der Waals surface area contributed by atoms with Crippen LogP contribution in [0.3, 0.4) is 0 Å². The summed E-state index contributed by atoms with van der Waals surface area (Å²) >= 11 is 1.61. The zero-order valence-electron chi connectivity index (χ0n) is 10.9. The van der Waals surface area contributed by atoms with E-state index in [1.807, 2.05) is 6.92 Å². The zero-order valence-corrected chi connectivity index (χ0v) is 11.7. The van der Waals surface area contributed by atoms with Crippen LogP contribution in [-0.2, 0) is 0 Å². The predicted octanol–water partition coefficient (Wildman–Crippen LogP) is 4.05. The lowest BCUT2D eigenvalue weighted by Crippen LogP contribution is -1.88. The van der Waals surface area contributed by atoms with Gasteiger partial charge in [-0.15, -0.1) is 0 Å². The number of methoxy groups -OCH3 is 1. The molecule has 0 saturated heterocycles. The standard InChI is InChI=1S/C14H17NOS/c1-8-6-10(3)12(7-9(8)2)13-15-11(4)14(16-5)17-13/h6-7H,1-5H3. The second kappa shape index (κ2) is 4.49. The molecule has 2 nitrogen and oxygen atoms in total. The van der Waals surface area contributed by atoms with E-state index in [0.29, 0.717) is 0 Å². The fourth-order valence-electron chi connectivity index (χ4n) is 1.88. The second-order valence-electron chi connectivity index (χ2n) is 4.35. The van der Waals surface area contributed by atoms with Crippen LogP contribution >= 0.6 is 11.3 Å². The largest absolute Gasteiger partial charge is 0.486 e. The molecule has 0 spiro atoms. The van der Waals surface area contributed by atoms with Gasteiger partial charge in [-0.3, -0.25) is 0 Å². The molecule has 0 unspecified atom stereocenters. The first kappa shape index (κ1) is 12.1. The predicted molar refractivity (Wildman–Crippen MR) is 73.1 cm³/mol. The van der Waals surface area contributed by atoms with Gasteiger partial charge < -0.3 is 4.74 Å². The van der Waals surface area contributed by atoms with Gasteiger partial charge in [0.25, 0.3) is 0 Å². The minimum atomic E-state index is 0.901. The Morgan fingerprint density at radius 3 is 2.24 bits per heavy atom. The molecule has 17 heavy (non-hydrogen) atoms. The number of hydrogen-bond acceptors (Lipinski definition) is 3. The molecule has 0 bridgehead atoms. The van der Waals surface area contributed by atoms with Crippen molar-refractivity contribution in [3.63, 3.8) is 0 Å².